The van der Waals surface area contributed by atoms with Crippen molar-refractivity contribution in [2.24, 2.45) is 5.41 Å². The third-order valence-electron chi connectivity index (χ3n) is 4.23. The molecule has 21 heavy (non-hydrogen) atoms. The summed E-state index contributed by atoms with van der Waals surface area (Å²) in [4.78, 5) is 14.1. The van der Waals surface area contributed by atoms with E-state index in [1.54, 1.807) is 7.05 Å². The highest BCUT2D eigenvalue weighted by atomic mass is 16.2. The highest BCUT2D eigenvalue weighted by molar-refractivity contribution is 5.81. The van der Waals surface area contributed by atoms with E-state index in [1.807, 2.05) is 13.8 Å². The average Bonchev–Trinajstić information content (AvgIpc) is 2.46. The van der Waals surface area contributed by atoms with Crippen LogP contribution in [0.3, 0.4) is 0 Å². The van der Waals surface area contributed by atoms with Crippen LogP contribution in [0.1, 0.15) is 31.4 Å². The molecule has 1 heterocycles. The Balaban J connectivity index is 1.94. The van der Waals surface area contributed by atoms with E-state index in [-0.39, 0.29) is 11.3 Å². The van der Waals surface area contributed by atoms with Crippen molar-refractivity contribution in [2.45, 2.75) is 33.2 Å². The van der Waals surface area contributed by atoms with Crippen LogP contribution in [0.4, 0.5) is 5.69 Å². The minimum absolute atomic E-state index is 0.0714. The number of carbonyl (C=O) groups is 1. The molecule has 4 nitrogen and oxygen atoms in total. The van der Waals surface area contributed by atoms with Crippen molar-refractivity contribution < 1.29 is 4.79 Å². The van der Waals surface area contributed by atoms with Gasteiger partial charge in [0.05, 0.1) is 5.41 Å². The maximum Gasteiger partial charge on any atom is 0.226 e. The summed E-state index contributed by atoms with van der Waals surface area (Å²) in [5.74, 6) is 0.0714. The molecule has 2 rings (SSSR count). The van der Waals surface area contributed by atoms with Crippen LogP contribution >= 0.6 is 0 Å². The number of hydrogen-bond acceptors (Lipinski definition) is 3. The Morgan fingerprint density at radius 2 is 2.14 bits per heavy atom. The van der Waals surface area contributed by atoms with Crippen molar-refractivity contribution in [3.05, 3.63) is 29.3 Å². The van der Waals surface area contributed by atoms with Gasteiger partial charge in [0.15, 0.2) is 0 Å². The zero-order chi connectivity index (χ0) is 15.5. The SMILES string of the molecule is CNC(=O)C(C)(C)CNCc1ccc2c(c1)CCCN2C. The van der Waals surface area contributed by atoms with Crippen LogP contribution < -0.4 is 15.5 Å². The molecule has 0 bridgehead atoms. The van der Waals surface area contributed by atoms with Gasteiger partial charge < -0.3 is 15.5 Å². The van der Waals surface area contributed by atoms with Crippen LogP contribution in [-0.4, -0.2) is 33.1 Å². The fourth-order valence-electron chi connectivity index (χ4n) is 2.89. The summed E-state index contributed by atoms with van der Waals surface area (Å²) in [6, 6.07) is 6.70. The monoisotopic (exact) mass is 289 g/mol. The summed E-state index contributed by atoms with van der Waals surface area (Å²) in [5.41, 5.74) is 3.70. The molecule has 1 aliphatic rings. The summed E-state index contributed by atoms with van der Waals surface area (Å²) >= 11 is 0. The molecule has 1 amide bonds. The van der Waals surface area contributed by atoms with Gasteiger partial charge >= 0.3 is 0 Å². The van der Waals surface area contributed by atoms with E-state index in [0.29, 0.717) is 6.54 Å². The van der Waals surface area contributed by atoms with Crippen molar-refractivity contribution in [1.29, 1.82) is 0 Å². The number of hydrogen-bond donors (Lipinski definition) is 2. The van der Waals surface area contributed by atoms with Crippen LogP contribution in [-0.2, 0) is 17.8 Å². The van der Waals surface area contributed by atoms with Crippen molar-refractivity contribution in [3.63, 3.8) is 0 Å². The zero-order valence-corrected chi connectivity index (χ0v) is 13.6. The lowest BCUT2D eigenvalue weighted by molar-refractivity contribution is -0.128. The summed E-state index contributed by atoms with van der Waals surface area (Å²) < 4.78 is 0. The standard InChI is InChI=1S/C17H27N3O/c1-17(2,16(21)18-3)12-19-11-13-7-8-15-14(10-13)6-5-9-20(15)4/h7-8,10,19H,5-6,9,11-12H2,1-4H3,(H,18,21). The van der Waals surface area contributed by atoms with Gasteiger partial charge in [0.2, 0.25) is 5.91 Å². The van der Waals surface area contributed by atoms with E-state index in [2.05, 4.69) is 40.8 Å². The third-order valence-corrected chi connectivity index (χ3v) is 4.23. The molecule has 0 aromatic heterocycles. The Morgan fingerprint density at radius 3 is 2.86 bits per heavy atom. The summed E-state index contributed by atoms with van der Waals surface area (Å²) in [7, 11) is 3.84. The van der Waals surface area contributed by atoms with Crippen molar-refractivity contribution in [1.82, 2.24) is 10.6 Å². The van der Waals surface area contributed by atoms with Crippen molar-refractivity contribution in [2.75, 3.05) is 32.1 Å². The van der Waals surface area contributed by atoms with Gasteiger partial charge in [0.25, 0.3) is 0 Å². The van der Waals surface area contributed by atoms with Gasteiger partial charge in [-0.05, 0) is 43.9 Å². The lowest BCUT2D eigenvalue weighted by Crippen LogP contribution is -2.41. The first-order valence-corrected chi connectivity index (χ1v) is 7.70. The van der Waals surface area contributed by atoms with Crippen LogP contribution in [0.5, 0.6) is 0 Å². The Hall–Kier alpha value is -1.55. The number of nitrogens with one attached hydrogen (secondary N) is 2. The normalized spacial score (nSPS) is 14.8. The number of amides is 1. The van der Waals surface area contributed by atoms with Gasteiger partial charge in [-0.15, -0.1) is 0 Å². The van der Waals surface area contributed by atoms with Crippen LogP contribution in [0, 0.1) is 5.41 Å². The number of rotatable bonds is 5. The van der Waals surface area contributed by atoms with E-state index < -0.39 is 0 Å². The van der Waals surface area contributed by atoms with E-state index in [4.69, 9.17) is 0 Å². The first-order valence-electron chi connectivity index (χ1n) is 7.70. The largest absolute Gasteiger partial charge is 0.374 e. The number of anilines is 1. The topological polar surface area (TPSA) is 44.4 Å². The Bertz CT molecular complexity index is 511. The maximum absolute atomic E-state index is 11.7. The fourth-order valence-corrected chi connectivity index (χ4v) is 2.89. The molecule has 0 unspecified atom stereocenters. The average molecular weight is 289 g/mol. The van der Waals surface area contributed by atoms with Crippen molar-refractivity contribution >= 4 is 11.6 Å². The molecule has 116 valence electrons. The molecule has 1 aromatic rings. The Kier molecular flexibility index (Phi) is 4.88. The van der Waals surface area contributed by atoms with Gasteiger partial charge in [0.1, 0.15) is 0 Å². The molecule has 0 fully saturated rings. The predicted molar refractivity (Wildman–Crippen MR) is 87.6 cm³/mol. The first kappa shape index (κ1) is 15.8. The number of aryl methyl sites for hydroxylation is 1. The Labute approximate surface area is 127 Å². The summed E-state index contributed by atoms with van der Waals surface area (Å²) in [6.07, 6.45) is 2.39. The molecule has 0 saturated carbocycles. The van der Waals surface area contributed by atoms with Gasteiger partial charge in [-0.1, -0.05) is 12.1 Å². The van der Waals surface area contributed by atoms with E-state index in [9.17, 15) is 4.79 Å². The van der Waals surface area contributed by atoms with Crippen LogP contribution in [0.2, 0.25) is 0 Å². The van der Waals surface area contributed by atoms with E-state index in [1.165, 1.54) is 23.2 Å². The second kappa shape index (κ2) is 6.48. The molecule has 0 spiro atoms. The minimum atomic E-state index is -0.386. The van der Waals surface area contributed by atoms with Gasteiger partial charge in [0, 0.05) is 39.4 Å². The minimum Gasteiger partial charge on any atom is -0.374 e. The molecule has 2 N–H and O–H groups in total. The summed E-state index contributed by atoms with van der Waals surface area (Å²) in [5, 5.41) is 6.12. The molecule has 1 aromatic carbocycles. The lowest BCUT2D eigenvalue weighted by Gasteiger charge is -2.28. The highest BCUT2D eigenvalue weighted by Crippen LogP contribution is 2.26. The molecule has 0 aliphatic carbocycles. The molecule has 0 radical (unpaired) electrons. The van der Waals surface area contributed by atoms with Gasteiger partial charge in [-0.3, -0.25) is 4.79 Å². The molecule has 0 atom stereocenters. The number of carbonyl (C=O) groups excluding carboxylic acids is 1. The van der Waals surface area contributed by atoms with Crippen molar-refractivity contribution in [3.8, 4) is 0 Å². The Morgan fingerprint density at radius 1 is 1.38 bits per heavy atom. The van der Waals surface area contributed by atoms with Gasteiger partial charge in [-0.2, -0.15) is 0 Å². The zero-order valence-electron chi connectivity index (χ0n) is 13.6. The molecule has 0 saturated heterocycles. The lowest BCUT2D eigenvalue weighted by atomic mass is 9.92. The van der Waals surface area contributed by atoms with E-state index >= 15 is 0 Å². The van der Waals surface area contributed by atoms with E-state index in [0.717, 1.165) is 19.5 Å². The fraction of sp³-hybridized carbons (Fsp3) is 0.588. The smallest absolute Gasteiger partial charge is 0.226 e. The molecule has 4 heteroatoms. The quantitative estimate of drug-likeness (QED) is 0.870. The molecular weight excluding hydrogens is 262 g/mol. The molecular formula is C17H27N3O. The first-order chi connectivity index (χ1) is 9.94. The predicted octanol–water partition coefficient (Wildman–Crippen LogP) is 1.93. The van der Waals surface area contributed by atoms with Crippen LogP contribution in [0.25, 0.3) is 0 Å². The second-order valence-electron chi connectivity index (χ2n) is 6.55. The maximum atomic E-state index is 11.7. The van der Waals surface area contributed by atoms with Crippen LogP contribution in [0.15, 0.2) is 18.2 Å². The molecule has 1 aliphatic heterocycles. The third kappa shape index (κ3) is 3.76. The number of fused-ring (bicyclic) bond motifs is 1. The number of nitrogens with zero attached hydrogens (tertiary/aromatic N) is 1. The number of benzene rings is 1. The second-order valence-corrected chi connectivity index (χ2v) is 6.55. The van der Waals surface area contributed by atoms with Gasteiger partial charge in [-0.25, -0.2) is 0 Å². The summed E-state index contributed by atoms with van der Waals surface area (Å²) in [6.45, 7) is 6.54. The highest BCUT2D eigenvalue weighted by Gasteiger charge is 2.25.